The Morgan fingerprint density at radius 2 is 2.24 bits per heavy atom. The van der Waals surface area contributed by atoms with E-state index in [2.05, 4.69) is 31.6 Å². The van der Waals surface area contributed by atoms with Gasteiger partial charge in [-0.3, -0.25) is 5.10 Å². The molecule has 1 aliphatic rings. The number of aliphatic hydroxyl groups is 1. The Hall–Kier alpha value is -3.17. The normalized spacial score (nSPS) is 17.3. The second kappa shape index (κ2) is 7.34. The third-order valence-corrected chi connectivity index (χ3v) is 5.27. The summed E-state index contributed by atoms with van der Waals surface area (Å²) in [7, 11) is 0. The van der Waals surface area contributed by atoms with Crippen molar-refractivity contribution in [2.24, 2.45) is 0 Å². The molecule has 0 spiro atoms. The van der Waals surface area contributed by atoms with Crippen LogP contribution in [0.1, 0.15) is 6.92 Å². The van der Waals surface area contributed by atoms with Crippen molar-refractivity contribution < 1.29 is 9.84 Å². The molecule has 3 N–H and O–H groups in total. The molecule has 0 aliphatic carbocycles. The fraction of sp³-hybridized carbons (Fsp3) is 0.350. The van der Waals surface area contributed by atoms with Crippen molar-refractivity contribution in [3.05, 3.63) is 36.8 Å². The van der Waals surface area contributed by atoms with Crippen LogP contribution < -0.4 is 15.0 Å². The van der Waals surface area contributed by atoms with E-state index in [1.165, 1.54) is 0 Å². The molecule has 4 aromatic rings. The molecular formula is C20H23N7O2. The van der Waals surface area contributed by atoms with E-state index in [9.17, 15) is 5.11 Å². The molecule has 0 bridgehead atoms. The van der Waals surface area contributed by atoms with E-state index >= 15 is 0 Å². The number of anilines is 1. The Morgan fingerprint density at radius 3 is 3.03 bits per heavy atom. The van der Waals surface area contributed by atoms with Gasteiger partial charge in [-0.1, -0.05) is 0 Å². The predicted octanol–water partition coefficient (Wildman–Crippen LogP) is 1.44. The molecule has 150 valence electrons. The minimum Gasteiger partial charge on any atom is -0.492 e. The van der Waals surface area contributed by atoms with Crippen molar-refractivity contribution >= 4 is 22.4 Å². The fourth-order valence-corrected chi connectivity index (χ4v) is 3.89. The standard InChI is InChI=1S/C20H23N7O2/c1-2-29-15-7-16(19-17-9-23-24-20(17)25-27(19)11-15)13-3-4-18(22-8-13)26-6-5-21-14(10-26)12-28/h3-4,7-9,11,14,21,28H,2,5-6,10,12H2,1H3,(H,24,25). The zero-order valence-corrected chi connectivity index (χ0v) is 16.2. The van der Waals surface area contributed by atoms with Crippen LogP contribution in [0.2, 0.25) is 0 Å². The summed E-state index contributed by atoms with van der Waals surface area (Å²) in [4.78, 5) is 6.90. The lowest BCUT2D eigenvalue weighted by atomic mass is 10.1. The van der Waals surface area contributed by atoms with Crippen LogP contribution in [-0.4, -0.2) is 68.8 Å². The second-order valence-corrected chi connectivity index (χ2v) is 7.13. The van der Waals surface area contributed by atoms with Crippen molar-refractivity contribution in [3.63, 3.8) is 0 Å². The molecule has 1 saturated heterocycles. The van der Waals surface area contributed by atoms with Gasteiger partial charge in [-0.25, -0.2) is 9.50 Å². The molecule has 5 rings (SSSR count). The summed E-state index contributed by atoms with van der Waals surface area (Å²) in [5, 5.41) is 25.3. The van der Waals surface area contributed by atoms with E-state index in [-0.39, 0.29) is 12.6 Å². The number of nitrogens with one attached hydrogen (secondary N) is 2. The Morgan fingerprint density at radius 1 is 1.31 bits per heavy atom. The molecule has 0 radical (unpaired) electrons. The Bertz CT molecular complexity index is 1140. The largest absolute Gasteiger partial charge is 0.492 e. The van der Waals surface area contributed by atoms with Gasteiger partial charge in [-0.05, 0) is 25.1 Å². The monoisotopic (exact) mass is 393 g/mol. The Labute approximate surface area is 167 Å². The second-order valence-electron chi connectivity index (χ2n) is 7.13. The van der Waals surface area contributed by atoms with Crippen LogP contribution in [0.3, 0.4) is 0 Å². The molecule has 5 heterocycles. The summed E-state index contributed by atoms with van der Waals surface area (Å²) in [6, 6.07) is 6.20. The zero-order valence-electron chi connectivity index (χ0n) is 16.2. The number of hydrogen-bond acceptors (Lipinski definition) is 7. The van der Waals surface area contributed by atoms with E-state index in [0.717, 1.165) is 58.9 Å². The highest BCUT2D eigenvalue weighted by Crippen LogP contribution is 2.33. The first-order valence-corrected chi connectivity index (χ1v) is 9.80. The molecule has 1 fully saturated rings. The quantitative estimate of drug-likeness (QED) is 0.471. The lowest BCUT2D eigenvalue weighted by molar-refractivity contribution is 0.235. The van der Waals surface area contributed by atoms with Gasteiger partial charge in [0, 0.05) is 43.0 Å². The summed E-state index contributed by atoms with van der Waals surface area (Å²) in [5.74, 6) is 1.66. The average molecular weight is 393 g/mol. The van der Waals surface area contributed by atoms with Crippen LogP contribution in [0.4, 0.5) is 5.82 Å². The zero-order chi connectivity index (χ0) is 19.8. The SMILES string of the molecule is CCOc1cc(-c2ccc(N3CCNC(CO)C3)nc2)c2c3cn[nH]c3nn2c1. The first-order chi connectivity index (χ1) is 14.3. The molecule has 0 amide bonds. The maximum Gasteiger partial charge on any atom is 0.178 e. The number of hydrogen-bond donors (Lipinski definition) is 3. The van der Waals surface area contributed by atoms with Crippen LogP contribution in [0, 0.1) is 0 Å². The molecule has 9 heteroatoms. The lowest BCUT2D eigenvalue weighted by Crippen LogP contribution is -2.52. The lowest BCUT2D eigenvalue weighted by Gasteiger charge is -2.33. The topological polar surface area (TPSA) is 104 Å². The number of H-pyrrole nitrogens is 1. The minimum absolute atomic E-state index is 0.0777. The fourth-order valence-electron chi connectivity index (χ4n) is 3.89. The average Bonchev–Trinajstić information content (AvgIpc) is 3.35. The molecule has 0 saturated carbocycles. The van der Waals surface area contributed by atoms with Gasteiger partial charge in [0.05, 0.1) is 36.5 Å². The summed E-state index contributed by atoms with van der Waals surface area (Å²) in [6.07, 6.45) is 5.56. The molecule has 0 aromatic carbocycles. The molecule has 9 nitrogen and oxygen atoms in total. The summed E-state index contributed by atoms with van der Waals surface area (Å²) >= 11 is 0. The van der Waals surface area contributed by atoms with Crippen LogP contribution in [0.15, 0.2) is 36.8 Å². The maximum absolute atomic E-state index is 9.43. The number of aromatic nitrogens is 5. The van der Waals surface area contributed by atoms with Gasteiger partial charge in [0.2, 0.25) is 0 Å². The van der Waals surface area contributed by atoms with E-state index in [1.54, 1.807) is 6.20 Å². The number of ether oxygens (including phenoxy) is 1. The van der Waals surface area contributed by atoms with Crippen molar-refractivity contribution in [1.82, 2.24) is 30.1 Å². The predicted molar refractivity (Wildman–Crippen MR) is 110 cm³/mol. The van der Waals surface area contributed by atoms with Crippen molar-refractivity contribution in [2.45, 2.75) is 13.0 Å². The van der Waals surface area contributed by atoms with Crippen LogP contribution >= 0.6 is 0 Å². The van der Waals surface area contributed by atoms with Gasteiger partial charge in [-0.15, -0.1) is 5.10 Å². The first-order valence-electron chi connectivity index (χ1n) is 9.80. The maximum atomic E-state index is 9.43. The summed E-state index contributed by atoms with van der Waals surface area (Å²) in [6.45, 7) is 5.11. The third kappa shape index (κ3) is 3.18. The number of aromatic amines is 1. The van der Waals surface area contributed by atoms with Crippen LogP contribution in [-0.2, 0) is 0 Å². The highest BCUT2D eigenvalue weighted by molar-refractivity contribution is 6.00. The Kier molecular flexibility index (Phi) is 4.53. The highest BCUT2D eigenvalue weighted by Gasteiger charge is 2.20. The van der Waals surface area contributed by atoms with Gasteiger partial charge < -0.3 is 20.1 Å². The number of aliphatic hydroxyl groups excluding tert-OH is 1. The van der Waals surface area contributed by atoms with Crippen molar-refractivity contribution in [3.8, 4) is 16.9 Å². The van der Waals surface area contributed by atoms with E-state index in [0.29, 0.717) is 6.61 Å². The van der Waals surface area contributed by atoms with Gasteiger partial charge in [0.25, 0.3) is 0 Å². The number of fused-ring (bicyclic) bond motifs is 3. The van der Waals surface area contributed by atoms with Crippen molar-refractivity contribution in [1.29, 1.82) is 0 Å². The molecule has 1 unspecified atom stereocenters. The number of nitrogens with zero attached hydrogens (tertiary/aromatic N) is 5. The van der Waals surface area contributed by atoms with Crippen LogP contribution in [0.5, 0.6) is 5.75 Å². The summed E-state index contributed by atoms with van der Waals surface area (Å²) < 4.78 is 7.58. The van der Waals surface area contributed by atoms with Crippen molar-refractivity contribution in [2.75, 3.05) is 37.7 Å². The highest BCUT2D eigenvalue weighted by atomic mass is 16.5. The van der Waals surface area contributed by atoms with E-state index < -0.39 is 0 Å². The van der Waals surface area contributed by atoms with E-state index in [1.807, 2.05) is 36.0 Å². The Balaban J connectivity index is 1.56. The summed E-state index contributed by atoms with van der Waals surface area (Å²) in [5.41, 5.74) is 3.68. The first kappa shape index (κ1) is 17.9. The number of pyridine rings is 2. The van der Waals surface area contributed by atoms with E-state index in [4.69, 9.17) is 9.72 Å². The molecule has 1 aliphatic heterocycles. The van der Waals surface area contributed by atoms with Gasteiger partial charge in [-0.2, -0.15) is 5.10 Å². The van der Waals surface area contributed by atoms with Gasteiger partial charge in [0.1, 0.15) is 11.6 Å². The molecule has 29 heavy (non-hydrogen) atoms. The number of rotatable bonds is 5. The van der Waals surface area contributed by atoms with Gasteiger partial charge >= 0.3 is 0 Å². The van der Waals surface area contributed by atoms with Gasteiger partial charge in [0.15, 0.2) is 5.65 Å². The molecule has 4 aromatic heterocycles. The van der Waals surface area contributed by atoms with Crippen LogP contribution in [0.25, 0.3) is 27.7 Å². The minimum atomic E-state index is 0.0777. The third-order valence-electron chi connectivity index (χ3n) is 5.27. The smallest absolute Gasteiger partial charge is 0.178 e. The molecular weight excluding hydrogens is 370 g/mol. The number of piperazine rings is 1. The molecule has 1 atom stereocenters.